The molecule has 0 spiro atoms. The van der Waals surface area contributed by atoms with Crippen LogP contribution in [0.5, 0.6) is 0 Å². The molecule has 1 aromatic heterocycles. The van der Waals surface area contributed by atoms with E-state index >= 15 is 0 Å². The zero-order chi connectivity index (χ0) is 24.5. The second-order valence-electron chi connectivity index (χ2n) is 8.25. The summed E-state index contributed by atoms with van der Waals surface area (Å²) in [5, 5.41) is 9.06. The Bertz CT molecular complexity index is 1510. The van der Waals surface area contributed by atoms with E-state index in [4.69, 9.17) is 9.41 Å². The summed E-state index contributed by atoms with van der Waals surface area (Å²) in [6.45, 7) is 4.03. The number of hydrogen-bond acceptors (Lipinski definition) is 7. The van der Waals surface area contributed by atoms with Crippen LogP contribution in [0.3, 0.4) is 0 Å². The van der Waals surface area contributed by atoms with Gasteiger partial charge in [-0.1, -0.05) is 24.3 Å². The van der Waals surface area contributed by atoms with Gasteiger partial charge in [-0.05, 0) is 42.1 Å². The Morgan fingerprint density at radius 1 is 1.26 bits per heavy atom. The number of carbonyl (C=O) groups is 1. The van der Waals surface area contributed by atoms with E-state index in [-0.39, 0.29) is 18.5 Å². The molecule has 0 radical (unpaired) electrons. The number of rotatable bonds is 5. The van der Waals surface area contributed by atoms with Crippen LogP contribution in [0.25, 0.3) is 11.1 Å². The molecule has 2 aliphatic rings. The van der Waals surface area contributed by atoms with Crippen LogP contribution in [0.1, 0.15) is 24.1 Å². The number of benzene rings is 2. The molecule has 1 atom stereocenters. The van der Waals surface area contributed by atoms with Gasteiger partial charge in [-0.3, -0.25) is 10.1 Å². The maximum Gasteiger partial charge on any atom is 0.302 e. The average Bonchev–Trinajstić information content (AvgIpc) is 3.42. The van der Waals surface area contributed by atoms with E-state index in [1.54, 1.807) is 10.9 Å². The summed E-state index contributed by atoms with van der Waals surface area (Å²) in [6.07, 6.45) is 1.63. The Hall–Kier alpha value is -4.56. The molecule has 0 fully saturated rings. The Labute approximate surface area is 200 Å². The van der Waals surface area contributed by atoms with Crippen molar-refractivity contribution in [1.29, 1.82) is 0 Å². The summed E-state index contributed by atoms with van der Waals surface area (Å²) < 4.78 is 20.9. The van der Waals surface area contributed by atoms with Gasteiger partial charge in [-0.15, -0.1) is 0 Å². The number of nitrogens with zero attached hydrogens (tertiary/aromatic N) is 4. The van der Waals surface area contributed by atoms with Gasteiger partial charge in [0.2, 0.25) is 5.96 Å². The molecule has 176 valence electrons. The normalized spacial score (nSPS) is 17.1. The van der Waals surface area contributed by atoms with E-state index in [0.717, 1.165) is 11.1 Å². The Morgan fingerprint density at radius 3 is 2.86 bits per heavy atom. The molecule has 9 nitrogen and oxygen atoms in total. The molecule has 3 N–H and O–H groups in total. The van der Waals surface area contributed by atoms with Crippen LogP contribution in [0.2, 0.25) is 0 Å². The number of fused-ring (bicyclic) bond motifs is 1. The van der Waals surface area contributed by atoms with Crippen LogP contribution >= 0.6 is 0 Å². The molecule has 0 bridgehead atoms. The molecule has 1 unspecified atom stereocenters. The number of aliphatic imine (C=N–C) groups is 2. The summed E-state index contributed by atoms with van der Waals surface area (Å²) in [4.78, 5) is 26.6. The van der Waals surface area contributed by atoms with Crippen molar-refractivity contribution in [2.45, 2.75) is 19.9 Å². The highest BCUT2D eigenvalue weighted by Crippen LogP contribution is 2.33. The molecule has 0 saturated carbocycles. The summed E-state index contributed by atoms with van der Waals surface area (Å²) in [7, 11) is 1.82. The minimum atomic E-state index is -0.575. The number of aryl methyl sites for hydroxylation is 1. The fourth-order valence-corrected chi connectivity index (χ4v) is 3.97. The van der Waals surface area contributed by atoms with Crippen molar-refractivity contribution in [2.75, 3.05) is 18.9 Å². The van der Waals surface area contributed by atoms with Gasteiger partial charge in [-0.25, -0.2) is 9.38 Å². The lowest BCUT2D eigenvalue weighted by molar-refractivity contribution is -0.349. The van der Waals surface area contributed by atoms with Crippen molar-refractivity contribution in [1.82, 2.24) is 15.6 Å². The third kappa shape index (κ3) is 4.60. The van der Waals surface area contributed by atoms with E-state index in [9.17, 15) is 9.18 Å². The van der Waals surface area contributed by atoms with Gasteiger partial charge in [0, 0.05) is 11.8 Å². The molecule has 10 heteroatoms. The largest absolute Gasteiger partial charge is 0.423 e. The second-order valence-corrected chi connectivity index (χ2v) is 8.25. The summed E-state index contributed by atoms with van der Waals surface area (Å²) >= 11 is 0. The average molecular weight is 473 g/mol. The first-order valence-electron chi connectivity index (χ1n) is 11.0. The van der Waals surface area contributed by atoms with E-state index in [0.29, 0.717) is 34.0 Å². The molecule has 5 rings (SSSR count). The second kappa shape index (κ2) is 9.00. The highest BCUT2D eigenvalue weighted by atomic mass is 19.1. The first kappa shape index (κ1) is 22.2. The molecule has 0 aliphatic carbocycles. The van der Waals surface area contributed by atoms with Crippen molar-refractivity contribution in [3.8, 4) is 0 Å². The number of halogens is 1. The van der Waals surface area contributed by atoms with E-state index in [1.165, 1.54) is 18.2 Å². The number of amides is 1. The van der Waals surface area contributed by atoms with Crippen molar-refractivity contribution in [3.63, 3.8) is 0 Å². The fraction of sp³-hybridized carbons (Fsp3) is 0.200. The number of guanidine groups is 1. The predicted octanol–water partition coefficient (Wildman–Crippen LogP) is 3.02. The molecule has 3 aromatic rings. The predicted molar refractivity (Wildman–Crippen MR) is 131 cm³/mol. The van der Waals surface area contributed by atoms with E-state index < -0.39 is 11.9 Å². The smallest absolute Gasteiger partial charge is 0.302 e. The number of aromatic nitrogens is 1. The van der Waals surface area contributed by atoms with Crippen molar-refractivity contribution in [3.05, 3.63) is 76.4 Å². The summed E-state index contributed by atoms with van der Waals surface area (Å²) in [5.74, 6) is 2.71. The first-order chi connectivity index (χ1) is 16.9. The SMILES string of the molecule is CC1=C(C(=O)NCC2=C=[N+](C)C=N2)C(c2ccccc2C)N=C(Nc2nc3ccc(F)cc3o2)N1. The zero-order valence-corrected chi connectivity index (χ0v) is 19.4. The summed E-state index contributed by atoms with van der Waals surface area (Å²) in [5.41, 5.74) is 4.46. The lowest BCUT2D eigenvalue weighted by Crippen LogP contribution is -2.39. The number of hydrogen-bond donors (Lipinski definition) is 3. The maximum absolute atomic E-state index is 13.5. The molecule has 35 heavy (non-hydrogen) atoms. The van der Waals surface area contributed by atoms with Crippen molar-refractivity contribution < 1.29 is 18.2 Å². The quantitative estimate of drug-likeness (QED) is 0.495. The molecule has 1 amide bonds. The Morgan fingerprint density at radius 2 is 2.09 bits per heavy atom. The van der Waals surface area contributed by atoms with Crippen LogP contribution in [-0.4, -0.2) is 47.2 Å². The standard InChI is InChI=1S/C25H22FN7O2/c1-14-6-4-5-7-18(14)22-21(23(34)27-11-17-12-33(3)13-28-17)15(2)29-24(31-22)32-25-30-19-9-8-16(26)10-20(19)35-25/h4-10,13,22H,11H2,1-3H3,(H2-,27,29,30,31,32,34)/p+1. The van der Waals surface area contributed by atoms with Crippen LogP contribution < -0.4 is 16.0 Å². The fourth-order valence-electron chi connectivity index (χ4n) is 3.97. The van der Waals surface area contributed by atoms with Crippen molar-refractivity contribution in [2.24, 2.45) is 9.98 Å². The van der Waals surface area contributed by atoms with E-state index in [2.05, 4.69) is 31.8 Å². The zero-order valence-electron chi connectivity index (χ0n) is 19.4. The van der Waals surface area contributed by atoms with Gasteiger partial charge in [0.1, 0.15) is 23.2 Å². The Kier molecular flexibility index (Phi) is 5.72. The lowest BCUT2D eigenvalue weighted by Gasteiger charge is -2.27. The third-order valence-corrected chi connectivity index (χ3v) is 5.65. The minimum Gasteiger partial charge on any atom is -0.423 e. The first-order valence-corrected chi connectivity index (χ1v) is 11.0. The van der Waals surface area contributed by atoms with Gasteiger partial charge < -0.3 is 15.1 Å². The van der Waals surface area contributed by atoms with Gasteiger partial charge >= 0.3 is 6.01 Å². The van der Waals surface area contributed by atoms with Crippen LogP contribution in [0, 0.1) is 12.7 Å². The molecule has 3 heterocycles. The van der Waals surface area contributed by atoms with Gasteiger partial charge in [0.05, 0.1) is 19.2 Å². The number of carbonyl (C=O) groups excluding carboxylic acids is 1. The maximum atomic E-state index is 13.5. The minimum absolute atomic E-state index is 0.159. The van der Waals surface area contributed by atoms with E-state index in [1.807, 2.05) is 45.2 Å². The van der Waals surface area contributed by atoms with Crippen LogP contribution in [0.4, 0.5) is 10.4 Å². The topological polar surface area (TPSA) is 107 Å². The van der Waals surface area contributed by atoms with Crippen molar-refractivity contribution >= 4 is 41.2 Å². The monoisotopic (exact) mass is 472 g/mol. The number of nitrogens with one attached hydrogen (secondary N) is 3. The van der Waals surface area contributed by atoms with Gasteiger partial charge in [0.25, 0.3) is 17.9 Å². The van der Waals surface area contributed by atoms with Crippen LogP contribution in [0.15, 0.2) is 73.8 Å². The number of allylic oxidation sites excluding steroid dienone is 1. The highest BCUT2D eigenvalue weighted by Gasteiger charge is 2.31. The van der Waals surface area contributed by atoms with Crippen LogP contribution in [-0.2, 0) is 4.79 Å². The molecule has 2 aliphatic heterocycles. The molecule has 2 aromatic carbocycles. The molecular formula is C25H23FN7O2+. The highest BCUT2D eigenvalue weighted by molar-refractivity contribution is 6.01. The number of anilines is 1. The van der Waals surface area contributed by atoms with Gasteiger partial charge in [-0.2, -0.15) is 9.56 Å². The number of oxazole rings is 1. The molecular weight excluding hydrogens is 449 g/mol. The Balaban J connectivity index is 1.45. The van der Waals surface area contributed by atoms with Gasteiger partial charge in [0.15, 0.2) is 5.58 Å². The molecule has 0 saturated heterocycles. The summed E-state index contributed by atoms with van der Waals surface area (Å²) in [6, 6.07) is 11.5. The lowest BCUT2D eigenvalue weighted by atomic mass is 9.92. The third-order valence-electron chi connectivity index (χ3n) is 5.65.